The molecule has 51 heavy (non-hydrogen) atoms. The smallest absolute Gasteiger partial charge is 0.235 e. The molecule has 0 aliphatic heterocycles. The summed E-state index contributed by atoms with van der Waals surface area (Å²) in [7, 11) is 0. The highest BCUT2D eigenvalue weighted by Crippen LogP contribution is 2.42. The van der Waals surface area contributed by atoms with Crippen LogP contribution < -0.4 is 0 Å². The fraction of sp³-hybridized carbons (Fsp3) is 0. The predicted molar refractivity (Wildman–Crippen MR) is 209 cm³/mol. The first-order chi connectivity index (χ1) is 25.3. The minimum absolute atomic E-state index is 0.615. The summed E-state index contributed by atoms with van der Waals surface area (Å²) in [5, 5.41) is 6.95. The van der Waals surface area contributed by atoms with Gasteiger partial charge in [-0.1, -0.05) is 115 Å². The van der Waals surface area contributed by atoms with E-state index in [-0.39, 0.29) is 0 Å². The second kappa shape index (κ2) is 10.8. The van der Waals surface area contributed by atoms with Crippen LogP contribution in [0.3, 0.4) is 0 Å². The molecule has 5 heteroatoms. The molecule has 4 aromatic heterocycles. The molecule has 0 spiro atoms. The average Bonchev–Trinajstić information content (AvgIpc) is 3.86. The van der Waals surface area contributed by atoms with Gasteiger partial charge in [-0.05, 0) is 54.6 Å². The molecule has 4 heterocycles. The lowest BCUT2D eigenvalue weighted by molar-refractivity contribution is 0.669. The van der Waals surface area contributed by atoms with Crippen LogP contribution in [0.2, 0.25) is 0 Å². The van der Waals surface area contributed by atoms with Crippen molar-refractivity contribution in [3.05, 3.63) is 170 Å². The van der Waals surface area contributed by atoms with Gasteiger partial charge >= 0.3 is 0 Å². The molecule has 0 atom stereocenters. The van der Waals surface area contributed by atoms with Gasteiger partial charge in [0.25, 0.3) is 0 Å². The molecule has 0 amide bonds. The fourth-order valence-corrected chi connectivity index (χ4v) is 7.89. The Bertz CT molecular complexity index is 3130. The molecule has 7 aromatic carbocycles. The van der Waals surface area contributed by atoms with Gasteiger partial charge in [-0.15, -0.1) is 0 Å². The molecule has 11 rings (SSSR count). The van der Waals surface area contributed by atoms with E-state index in [1.807, 2.05) is 24.3 Å². The second-order valence-electron chi connectivity index (χ2n) is 13.0. The fourth-order valence-electron chi connectivity index (χ4n) is 7.89. The first kappa shape index (κ1) is 27.9. The first-order valence-electron chi connectivity index (χ1n) is 17.2. The Morgan fingerprint density at radius 1 is 0.392 bits per heavy atom. The van der Waals surface area contributed by atoms with Gasteiger partial charge in [-0.25, -0.2) is 9.97 Å². The normalized spacial score (nSPS) is 11.9. The van der Waals surface area contributed by atoms with Gasteiger partial charge in [-0.3, -0.25) is 4.57 Å². The molecule has 0 bridgehead atoms. The van der Waals surface area contributed by atoms with E-state index in [2.05, 4.69) is 155 Å². The van der Waals surface area contributed by atoms with E-state index in [1.54, 1.807) is 0 Å². The largest absolute Gasteiger partial charge is 0.456 e. The van der Waals surface area contributed by atoms with Crippen LogP contribution in [0.5, 0.6) is 0 Å². The topological polar surface area (TPSA) is 48.8 Å². The van der Waals surface area contributed by atoms with Crippen molar-refractivity contribution in [2.75, 3.05) is 0 Å². The van der Waals surface area contributed by atoms with E-state index in [9.17, 15) is 0 Å². The van der Waals surface area contributed by atoms with Crippen LogP contribution in [0.4, 0.5) is 0 Å². The summed E-state index contributed by atoms with van der Waals surface area (Å²) in [6, 6.07) is 59.4. The molecule has 238 valence electrons. The van der Waals surface area contributed by atoms with E-state index in [0.29, 0.717) is 5.95 Å². The van der Waals surface area contributed by atoms with E-state index in [1.165, 1.54) is 27.2 Å². The van der Waals surface area contributed by atoms with Gasteiger partial charge in [0.05, 0.1) is 33.5 Å². The van der Waals surface area contributed by atoms with Crippen molar-refractivity contribution in [1.29, 1.82) is 0 Å². The summed E-state index contributed by atoms with van der Waals surface area (Å²) in [4.78, 5) is 10.6. The number of furan rings is 1. The molecule has 0 fully saturated rings. The third-order valence-corrected chi connectivity index (χ3v) is 10.1. The van der Waals surface area contributed by atoms with Crippen LogP contribution in [0, 0.1) is 0 Å². The zero-order chi connectivity index (χ0) is 33.5. The number of rotatable bonds is 4. The van der Waals surface area contributed by atoms with Crippen LogP contribution in [-0.4, -0.2) is 19.1 Å². The van der Waals surface area contributed by atoms with Crippen molar-refractivity contribution in [1.82, 2.24) is 19.1 Å². The summed E-state index contributed by atoms with van der Waals surface area (Å²) < 4.78 is 10.9. The molecular formula is C46H28N4O. The lowest BCUT2D eigenvalue weighted by Gasteiger charge is -2.12. The summed E-state index contributed by atoms with van der Waals surface area (Å²) in [5.41, 5.74) is 11.0. The molecule has 0 saturated heterocycles. The van der Waals surface area contributed by atoms with Crippen molar-refractivity contribution in [3.8, 4) is 34.2 Å². The quantitative estimate of drug-likeness (QED) is 0.190. The Morgan fingerprint density at radius 3 is 1.80 bits per heavy atom. The number of benzene rings is 7. The average molecular weight is 653 g/mol. The van der Waals surface area contributed by atoms with Gasteiger partial charge in [-0.2, -0.15) is 0 Å². The van der Waals surface area contributed by atoms with E-state index >= 15 is 0 Å². The molecule has 0 saturated carbocycles. The summed E-state index contributed by atoms with van der Waals surface area (Å²) in [6.45, 7) is 0. The Kier molecular flexibility index (Phi) is 5.89. The third kappa shape index (κ3) is 4.15. The van der Waals surface area contributed by atoms with Crippen molar-refractivity contribution in [2.45, 2.75) is 0 Å². The Balaban J connectivity index is 1.23. The van der Waals surface area contributed by atoms with Gasteiger partial charge < -0.3 is 8.98 Å². The molecule has 0 unspecified atom stereocenters. The molecule has 5 nitrogen and oxygen atoms in total. The minimum Gasteiger partial charge on any atom is -0.456 e. The Hall–Kier alpha value is -6.98. The summed E-state index contributed by atoms with van der Waals surface area (Å²) >= 11 is 0. The molecule has 0 N–H and O–H groups in total. The van der Waals surface area contributed by atoms with Crippen molar-refractivity contribution in [2.24, 2.45) is 0 Å². The highest BCUT2D eigenvalue weighted by molar-refractivity contribution is 6.26. The standard InChI is InChI=1S/C46H28N4O/c1-3-13-29(14-4-1)37-28-38(30-23-24-34-33-18-9-12-22-42(33)51-43(34)27-30)48-46(47-37)50-40-21-11-8-19-36(40)44-41(50)26-25-35-32-17-7-10-20-39(32)49(45(35)44)31-15-5-2-6-16-31/h1-28H. The third-order valence-electron chi connectivity index (χ3n) is 10.1. The van der Waals surface area contributed by atoms with Crippen LogP contribution in [-0.2, 0) is 0 Å². The van der Waals surface area contributed by atoms with Gasteiger partial charge in [0.15, 0.2) is 0 Å². The zero-order valence-electron chi connectivity index (χ0n) is 27.4. The molecule has 0 aliphatic carbocycles. The number of nitrogens with zero attached hydrogens (tertiary/aromatic N) is 4. The maximum absolute atomic E-state index is 6.31. The van der Waals surface area contributed by atoms with Crippen LogP contribution in [0.1, 0.15) is 0 Å². The van der Waals surface area contributed by atoms with Crippen LogP contribution in [0.15, 0.2) is 174 Å². The van der Waals surface area contributed by atoms with Gasteiger partial charge in [0.1, 0.15) is 11.2 Å². The SMILES string of the molecule is c1ccc(-c2cc(-c3ccc4c(c3)oc3ccccc34)nc(-n3c4ccccc4c4c3ccc3c5ccccc5n(-c5ccccc5)c34)n2)cc1. The number of aromatic nitrogens is 4. The lowest BCUT2D eigenvalue weighted by Crippen LogP contribution is -2.04. The zero-order valence-corrected chi connectivity index (χ0v) is 27.4. The van der Waals surface area contributed by atoms with E-state index in [0.717, 1.165) is 66.6 Å². The second-order valence-corrected chi connectivity index (χ2v) is 13.0. The highest BCUT2D eigenvalue weighted by atomic mass is 16.3. The highest BCUT2D eigenvalue weighted by Gasteiger charge is 2.22. The number of para-hydroxylation sites is 4. The molecule has 0 radical (unpaired) electrons. The van der Waals surface area contributed by atoms with E-state index < -0.39 is 0 Å². The summed E-state index contributed by atoms with van der Waals surface area (Å²) in [5.74, 6) is 0.615. The maximum Gasteiger partial charge on any atom is 0.235 e. The van der Waals surface area contributed by atoms with Crippen LogP contribution in [0.25, 0.3) is 99.7 Å². The van der Waals surface area contributed by atoms with Crippen molar-refractivity contribution in [3.63, 3.8) is 0 Å². The van der Waals surface area contributed by atoms with Crippen molar-refractivity contribution < 1.29 is 4.42 Å². The molecular weight excluding hydrogens is 625 g/mol. The first-order valence-corrected chi connectivity index (χ1v) is 17.2. The Morgan fingerprint density at radius 2 is 1.00 bits per heavy atom. The molecule has 0 aliphatic rings. The van der Waals surface area contributed by atoms with E-state index in [4.69, 9.17) is 14.4 Å². The Labute approximate surface area is 292 Å². The predicted octanol–water partition coefficient (Wildman–Crippen LogP) is 11.9. The van der Waals surface area contributed by atoms with Crippen molar-refractivity contribution >= 4 is 65.6 Å². The minimum atomic E-state index is 0.615. The van der Waals surface area contributed by atoms with Gasteiger partial charge in [0, 0.05) is 49.1 Å². The number of fused-ring (bicyclic) bond motifs is 10. The summed E-state index contributed by atoms with van der Waals surface area (Å²) in [6.07, 6.45) is 0. The maximum atomic E-state index is 6.31. The monoisotopic (exact) mass is 652 g/mol. The lowest BCUT2D eigenvalue weighted by atomic mass is 10.1. The molecule has 11 aromatic rings. The number of hydrogen-bond acceptors (Lipinski definition) is 3. The van der Waals surface area contributed by atoms with Crippen LogP contribution >= 0.6 is 0 Å². The number of hydrogen-bond donors (Lipinski definition) is 0. The van der Waals surface area contributed by atoms with Gasteiger partial charge in [0.2, 0.25) is 5.95 Å².